The molecule has 104 valence electrons. The molecular weight excluding hydrogens is 264 g/mol. The predicted octanol–water partition coefficient (Wildman–Crippen LogP) is 2.51. The van der Waals surface area contributed by atoms with Gasteiger partial charge in [0.15, 0.2) is 0 Å². The van der Waals surface area contributed by atoms with Crippen molar-refractivity contribution < 1.29 is 4.74 Å². The van der Waals surface area contributed by atoms with Crippen LogP contribution < -0.4 is 4.74 Å². The normalized spacial score (nSPS) is 13.3. The van der Waals surface area contributed by atoms with Gasteiger partial charge in [-0.1, -0.05) is 6.08 Å². The number of fused-ring (bicyclic) bond motifs is 2. The molecule has 0 fully saturated rings. The molecule has 0 saturated carbocycles. The summed E-state index contributed by atoms with van der Waals surface area (Å²) in [5.74, 6) is 1.40. The minimum absolute atomic E-state index is 0.632. The number of imidazole rings is 1. The molecule has 0 N–H and O–H groups in total. The summed E-state index contributed by atoms with van der Waals surface area (Å²) in [5.41, 5.74) is 4.45. The Morgan fingerprint density at radius 2 is 2.24 bits per heavy atom. The van der Waals surface area contributed by atoms with Gasteiger partial charge in [0.25, 0.3) is 0 Å². The molecule has 3 aromatic heterocycles. The van der Waals surface area contributed by atoms with E-state index < -0.39 is 0 Å². The third-order valence-electron chi connectivity index (χ3n) is 3.59. The third kappa shape index (κ3) is 1.98. The second-order valence-corrected chi connectivity index (χ2v) is 4.88. The summed E-state index contributed by atoms with van der Waals surface area (Å²) in [6.07, 6.45) is 10.6. The van der Waals surface area contributed by atoms with Crippen molar-refractivity contribution in [1.29, 1.82) is 0 Å². The zero-order valence-corrected chi connectivity index (χ0v) is 11.7. The van der Waals surface area contributed by atoms with Crippen LogP contribution in [0.5, 0.6) is 5.88 Å². The van der Waals surface area contributed by atoms with Gasteiger partial charge in [0.1, 0.15) is 0 Å². The zero-order valence-electron chi connectivity index (χ0n) is 11.7. The Bertz CT molecular complexity index is 850. The van der Waals surface area contributed by atoms with Crippen molar-refractivity contribution >= 4 is 11.4 Å². The van der Waals surface area contributed by atoms with Crippen LogP contribution in [-0.2, 0) is 6.42 Å². The molecule has 5 heteroatoms. The zero-order chi connectivity index (χ0) is 14.2. The fraction of sp³-hybridized carbons (Fsp3) is 0.188. The van der Waals surface area contributed by atoms with E-state index in [2.05, 4.69) is 27.1 Å². The summed E-state index contributed by atoms with van der Waals surface area (Å²) in [6.45, 7) is 2.60. The minimum atomic E-state index is 0.632. The maximum atomic E-state index is 5.46. The standard InChI is InChI=1S/C16H14N4O/c1-2-21-15-6-4-13-12(3-5-14(13)19-15)11-9-18-16-17-7-8-20(16)10-11/h3-4,6-10H,2,5H2,1H3. The van der Waals surface area contributed by atoms with Crippen LogP contribution in [0.2, 0.25) is 0 Å². The number of hydrogen-bond acceptors (Lipinski definition) is 4. The van der Waals surface area contributed by atoms with Crippen LogP contribution in [0, 0.1) is 0 Å². The molecule has 1 aliphatic rings. The van der Waals surface area contributed by atoms with Crippen LogP contribution in [0.25, 0.3) is 11.4 Å². The van der Waals surface area contributed by atoms with Crippen molar-refractivity contribution in [1.82, 2.24) is 19.4 Å². The molecule has 0 bridgehead atoms. The molecular formula is C16H14N4O. The van der Waals surface area contributed by atoms with Gasteiger partial charge in [0.2, 0.25) is 11.7 Å². The highest BCUT2D eigenvalue weighted by Gasteiger charge is 2.18. The molecule has 3 heterocycles. The Labute approximate surface area is 122 Å². The average molecular weight is 278 g/mol. The number of rotatable bonds is 3. The Morgan fingerprint density at radius 3 is 3.14 bits per heavy atom. The molecule has 0 unspecified atom stereocenters. The SMILES string of the molecule is CCOc1ccc2c(n1)CC=C2c1cnc2nccn2c1. The molecule has 0 saturated heterocycles. The van der Waals surface area contributed by atoms with Crippen LogP contribution >= 0.6 is 0 Å². The summed E-state index contributed by atoms with van der Waals surface area (Å²) in [7, 11) is 0. The number of nitrogens with zero attached hydrogens (tertiary/aromatic N) is 4. The van der Waals surface area contributed by atoms with Crippen LogP contribution in [0.15, 0.2) is 43.0 Å². The second kappa shape index (κ2) is 4.70. The minimum Gasteiger partial charge on any atom is -0.478 e. The number of aromatic nitrogens is 4. The molecule has 0 aliphatic heterocycles. The van der Waals surface area contributed by atoms with E-state index in [1.807, 2.05) is 36.0 Å². The quantitative estimate of drug-likeness (QED) is 0.738. The highest BCUT2D eigenvalue weighted by atomic mass is 16.5. The molecule has 21 heavy (non-hydrogen) atoms. The lowest BCUT2D eigenvalue weighted by Crippen LogP contribution is -1.98. The first-order valence-electron chi connectivity index (χ1n) is 6.97. The molecule has 1 aliphatic carbocycles. The van der Waals surface area contributed by atoms with Gasteiger partial charge in [0, 0.05) is 48.4 Å². The number of hydrogen-bond donors (Lipinski definition) is 0. The monoisotopic (exact) mass is 278 g/mol. The van der Waals surface area contributed by atoms with Crippen molar-refractivity contribution in [3.63, 3.8) is 0 Å². The van der Waals surface area contributed by atoms with Gasteiger partial charge in [-0.25, -0.2) is 15.0 Å². The summed E-state index contributed by atoms with van der Waals surface area (Å²) >= 11 is 0. The van der Waals surface area contributed by atoms with Crippen molar-refractivity contribution in [2.75, 3.05) is 6.61 Å². The number of allylic oxidation sites excluding steroid dienone is 1. The smallest absolute Gasteiger partial charge is 0.233 e. The van der Waals surface area contributed by atoms with Crippen molar-refractivity contribution in [2.24, 2.45) is 0 Å². The van der Waals surface area contributed by atoms with Crippen LogP contribution in [0.3, 0.4) is 0 Å². The van der Waals surface area contributed by atoms with Gasteiger partial charge in [-0.2, -0.15) is 0 Å². The van der Waals surface area contributed by atoms with E-state index in [0.717, 1.165) is 23.2 Å². The van der Waals surface area contributed by atoms with Gasteiger partial charge in [-0.15, -0.1) is 0 Å². The second-order valence-electron chi connectivity index (χ2n) is 4.88. The fourth-order valence-corrected chi connectivity index (χ4v) is 2.65. The Morgan fingerprint density at radius 1 is 1.29 bits per heavy atom. The summed E-state index contributed by atoms with van der Waals surface area (Å²) < 4.78 is 7.39. The molecule has 0 radical (unpaired) electrons. The van der Waals surface area contributed by atoms with E-state index in [0.29, 0.717) is 18.3 Å². The molecule has 3 aromatic rings. The highest BCUT2D eigenvalue weighted by Crippen LogP contribution is 2.32. The predicted molar refractivity (Wildman–Crippen MR) is 79.2 cm³/mol. The lowest BCUT2D eigenvalue weighted by Gasteiger charge is -2.08. The van der Waals surface area contributed by atoms with Crippen molar-refractivity contribution in [3.05, 3.63) is 59.8 Å². The first-order chi connectivity index (χ1) is 10.3. The Balaban J connectivity index is 1.75. The fourth-order valence-electron chi connectivity index (χ4n) is 2.65. The number of ether oxygens (including phenoxy) is 1. The Kier molecular flexibility index (Phi) is 2.70. The van der Waals surface area contributed by atoms with E-state index in [4.69, 9.17) is 4.74 Å². The van der Waals surface area contributed by atoms with Crippen LogP contribution in [-0.4, -0.2) is 26.0 Å². The maximum absolute atomic E-state index is 5.46. The van der Waals surface area contributed by atoms with E-state index in [-0.39, 0.29) is 0 Å². The van der Waals surface area contributed by atoms with E-state index >= 15 is 0 Å². The molecule has 4 rings (SSSR count). The van der Waals surface area contributed by atoms with E-state index in [1.54, 1.807) is 6.20 Å². The summed E-state index contributed by atoms with van der Waals surface area (Å²) in [5, 5.41) is 0. The molecule has 0 amide bonds. The molecule has 5 nitrogen and oxygen atoms in total. The van der Waals surface area contributed by atoms with E-state index in [1.165, 1.54) is 5.57 Å². The average Bonchev–Trinajstić information content (AvgIpc) is 3.12. The first-order valence-corrected chi connectivity index (χ1v) is 6.97. The van der Waals surface area contributed by atoms with Crippen LogP contribution in [0.1, 0.15) is 23.7 Å². The van der Waals surface area contributed by atoms with Crippen LogP contribution in [0.4, 0.5) is 0 Å². The molecule has 0 atom stereocenters. The van der Waals surface area contributed by atoms with Gasteiger partial charge in [-0.3, -0.25) is 4.40 Å². The molecule has 0 spiro atoms. The highest BCUT2D eigenvalue weighted by molar-refractivity contribution is 5.83. The topological polar surface area (TPSA) is 52.3 Å². The van der Waals surface area contributed by atoms with Gasteiger partial charge < -0.3 is 4.74 Å². The molecule has 0 aromatic carbocycles. The largest absolute Gasteiger partial charge is 0.478 e. The summed E-state index contributed by atoms with van der Waals surface area (Å²) in [6, 6.07) is 3.99. The Hall–Kier alpha value is -2.69. The first kappa shape index (κ1) is 12.1. The maximum Gasteiger partial charge on any atom is 0.233 e. The summed E-state index contributed by atoms with van der Waals surface area (Å²) in [4.78, 5) is 13.1. The van der Waals surface area contributed by atoms with Gasteiger partial charge in [-0.05, 0) is 18.6 Å². The lowest BCUT2D eigenvalue weighted by molar-refractivity contribution is 0.326. The van der Waals surface area contributed by atoms with Crippen molar-refractivity contribution in [3.8, 4) is 5.88 Å². The number of pyridine rings is 1. The lowest BCUT2D eigenvalue weighted by atomic mass is 10.0. The van der Waals surface area contributed by atoms with Gasteiger partial charge in [0.05, 0.1) is 12.3 Å². The van der Waals surface area contributed by atoms with E-state index in [9.17, 15) is 0 Å². The van der Waals surface area contributed by atoms with Gasteiger partial charge >= 0.3 is 0 Å². The van der Waals surface area contributed by atoms with Crippen molar-refractivity contribution in [2.45, 2.75) is 13.3 Å². The third-order valence-corrected chi connectivity index (χ3v) is 3.59.